The number of aromatic nitrogens is 1. The van der Waals surface area contributed by atoms with Gasteiger partial charge in [-0.25, -0.2) is 4.98 Å². The highest BCUT2D eigenvalue weighted by molar-refractivity contribution is 7.11. The Bertz CT molecular complexity index is 625. The van der Waals surface area contributed by atoms with Crippen molar-refractivity contribution >= 4 is 23.2 Å². The van der Waals surface area contributed by atoms with Crippen molar-refractivity contribution < 1.29 is 9.59 Å². The van der Waals surface area contributed by atoms with Crippen molar-refractivity contribution in [3.63, 3.8) is 0 Å². The van der Waals surface area contributed by atoms with Crippen LogP contribution in [-0.4, -0.2) is 23.3 Å². The van der Waals surface area contributed by atoms with Crippen LogP contribution < -0.4 is 10.6 Å². The van der Waals surface area contributed by atoms with Gasteiger partial charge < -0.3 is 10.6 Å². The molecule has 5 nitrogen and oxygen atoms in total. The monoisotopic (exact) mass is 303 g/mol. The molecule has 0 aliphatic heterocycles. The van der Waals surface area contributed by atoms with Gasteiger partial charge in [0.2, 0.25) is 0 Å². The number of thiazole rings is 1. The first-order valence-electron chi connectivity index (χ1n) is 6.71. The SMILES string of the molecule is CCNC(=O)c1nc(C(=O)NC(C)c2ccccc2)cs1. The molecule has 0 saturated heterocycles. The molecule has 21 heavy (non-hydrogen) atoms. The van der Waals surface area contributed by atoms with Crippen molar-refractivity contribution in [3.8, 4) is 0 Å². The van der Waals surface area contributed by atoms with E-state index in [4.69, 9.17) is 0 Å². The van der Waals surface area contributed by atoms with Crippen molar-refractivity contribution in [1.82, 2.24) is 15.6 Å². The highest BCUT2D eigenvalue weighted by Gasteiger charge is 2.17. The summed E-state index contributed by atoms with van der Waals surface area (Å²) in [5.74, 6) is -0.532. The summed E-state index contributed by atoms with van der Waals surface area (Å²) < 4.78 is 0. The summed E-state index contributed by atoms with van der Waals surface area (Å²) in [4.78, 5) is 27.8. The lowest BCUT2D eigenvalue weighted by Gasteiger charge is -2.13. The standard InChI is InChI=1S/C15H17N3O2S/c1-3-16-14(20)15-18-12(9-21-15)13(19)17-10(2)11-7-5-4-6-8-11/h4-10H,3H2,1-2H3,(H,16,20)(H,17,19). The van der Waals surface area contributed by atoms with Gasteiger partial charge in [0.05, 0.1) is 6.04 Å². The Morgan fingerprint density at radius 3 is 2.62 bits per heavy atom. The van der Waals surface area contributed by atoms with Gasteiger partial charge >= 0.3 is 0 Å². The summed E-state index contributed by atoms with van der Waals surface area (Å²) in [7, 11) is 0. The summed E-state index contributed by atoms with van der Waals surface area (Å²) in [6.07, 6.45) is 0. The molecule has 1 aromatic carbocycles. The van der Waals surface area contributed by atoms with Gasteiger partial charge in [0.1, 0.15) is 5.69 Å². The molecule has 0 fully saturated rings. The predicted molar refractivity (Wildman–Crippen MR) is 82.4 cm³/mol. The number of carbonyl (C=O) groups is 2. The Hall–Kier alpha value is -2.21. The van der Waals surface area contributed by atoms with Crippen molar-refractivity contribution in [3.05, 3.63) is 52.0 Å². The number of rotatable bonds is 5. The second-order valence-corrected chi connectivity index (χ2v) is 5.36. The average Bonchev–Trinajstić information content (AvgIpc) is 2.98. The first kappa shape index (κ1) is 15.2. The molecule has 0 radical (unpaired) electrons. The molecule has 0 aliphatic carbocycles. The first-order valence-corrected chi connectivity index (χ1v) is 7.59. The van der Waals surface area contributed by atoms with Gasteiger partial charge in [-0.1, -0.05) is 30.3 Å². The Morgan fingerprint density at radius 1 is 1.24 bits per heavy atom. The van der Waals surface area contributed by atoms with Crippen LogP contribution in [0.25, 0.3) is 0 Å². The molecule has 1 heterocycles. The van der Waals surface area contributed by atoms with Crippen LogP contribution in [0.2, 0.25) is 0 Å². The maximum Gasteiger partial charge on any atom is 0.280 e. The molecular formula is C15H17N3O2S. The highest BCUT2D eigenvalue weighted by Crippen LogP contribution is 2.14. The maximum absolute atomic E-state index is 12.1. The molecule has 0 spiro atoms. The molecule has 1 aromatic heterocycles. The maximum atomic E-state index is 12.1. The summed E-state index contributed by atoms with van der Waals surface area (Å²) in [5, 5.41) is 7.42. The topological polar surface area (TPSA) is 71.1 Å². The van der Waals surface area contributed by atoms with Crippen LogP contribution in [-0.2, 0) is 0 Å². The van der Waals surface area contributed by atoms with Gasteiger partial charge in [-0.2, -0.15) is 0 Å². The largest absolute Gasteiger partial charge is 0.350 e. The van der Waals surface area contributed by atoms with E-state index in [1.807, 2.05) is 44.2 Å². The molecule has 0 bridgehead atoms. The third-order valence-corrected chi connectivity index (χ3v) is 3.76. The number of amides is 2. The molecule has 0 saturated carbocycles. The number of nitrogens with zero attached hydrogens (tertiary/aromatic N) is 1. The zero-order valence-electron chi connectivity index (χ0n) is 11.9. The fourth-order valence-corrected chi connectivity index (χ4v) is 2.53. The van der Waals surface area contributed by atoms with Crippen molar-refractivity contribution in [2.75, 3.05) is 6.54 Å². The summed E-state index contributed by atoms with van der Waals surface area (Å²) in [6.45, 7) is 4.27. The van der Waals surface area contributed by atoms with Crippen LogP contribution in [0.4, 0.5) is 0 Å². The number of nitrogens with one attached hydrogen (secondary N) is 2. The first-order chi connectivity index (χ1) is 10.1. The molecule has 1 unspecified atom stereocenters. The second kappa shape index (κ2) is 6.99. The molecule has 110 valence electrons. The lowest BCUT2D eigenvalue weighted by molar-refractivity contribution is 0.0935. The van der Waals surface area contributed by atoms with Crippen LogP contribution >= 0.6 is 11.3 Å². The van der Waals surface area contributed by atoms with E-state index < -0.39 is 0 Å². The third kappa shape index (κ3) is 3.88. The van der Waals surface area contributed by atoms with Gasteiger partial charge in [0.25, 0.3) is 11.8 Å². The minimum Gasteiger partial charge on any atom is -0.350 e. The molecule has 2 aromatic rings. The fourth-order valence-electron chi connectivity index (χ4n) is 1.81. The zero-order chi connectivity index (χ0) is 15.2. The van der Waals surface area contributed by atoms with Crippen LogP contribution in [0, 0.1) is 0 Å². The van der Waals surface area contributed by atoms with Crippen molar-refractivity contribution in [1.29, 1.82) is 0 Å². The minimum absolute atomic E-state index is 0.117. The van der Waals surface area contributed by atoms with E-state index in [0.29, 0.717) is 11.6 Å². The van der Waals surface area contributed by atoms with Gasteiger partial charge in [0, 0.05) is 11.9 Å². The molecule has 1 atom stereocenters. The normalized spacial score (nSPS) is 11.7. The van der Waals surface area contributed by atoms with E-state index in [0.717, 1.165) is 16.9 Å². The van der Waals surface area contributed by atoms with E-state index in [9.17, 15) is 9.59 Å². The molecule has 2 amide bonds. The van der Waals surface area contributed by atoms with Gasteiger partial charge in [-0.15, -0.1) is 11.3 Å². The second-order valence-electron chi connectivity index (χ2n) is 4.50. The van der Waals surface area contributed by atoms with Crippen molar-refractivity contribution in [2.24, 2.45) is 0 Å². The number of benzene rings is 1. The smallest absolute Gasteiger partial charge is 0.280 e. The lowest BCUT2D eigenvalue weighted by Crippen LogP contribution is -2.27. The molecule has 2 N–H and O–H groups in total. The molecule has 6 heteroatoms. The summed E-state index contributed by atoms with van der Waals surface area (Å²) >= 11 is 1.16. The molecule has 0 aliphatic rings. The van der Waals surface area contributed by atoms with Crippen LogP contribution in [0.3, 0.4) is 0 Å². The molecular weight excluding hydrogens is 286 g/mol. The summed E-state index contributed by atoms with van der Waals surface area (Å²) in [6, 6.07) is 9.56. The van der Waals surface area contributed by atoms with Gasteiger partial charge in [-0.3, -0.25) is 9.59 Å². The fraction of sp³-hybridized carbons (Fsp3) is 0.267. The molecule has 2 rings (SSSR count). The minimum atomic E-state index is -0.279. The highest BCUT2D eigenvalue weighted by atomic mass is 32.1. The van der Waals surface area contributed by atoms with Crippen molar-refractivity contribution in [2.45, 2.75) is 19.9 Å². The van der Waals surface area contributed by atoms with E-state index in [2.05, 4.69) is 15.6 Å². The number of carbonyl (C=O) groups excluding carboxylic acids is 2. The third-order valence-electron chi connectivity index (χ3n) is 2.92. The Balaban J connectivity index is 2.02. The Labute approximate surface area is 127 Å². The predicted octanol–water partition coefficient (Wildman–Crippen LogP) is 2.38. The Morgan fingerprint density at radius 2 is 1.95 bits per heavy atom. The lowest BCUT2D eigenvalue weighted by atomic mass is 10.1. The number of hydrogen-bond acceptors (Lipinski definition) is 4. The number of hydrogen-bond donors (Lipinski definition) is 2. The van der Waals surface area contributed by atoms with Crippen LogP contribution in [0.15, 0.2) is 35.7 Å². The van der Waals surface area contributed by atoms with E-state index in [1.54, 1.807) is 5.38 Å². The van der Waals surface area contributed by atoms with Gasteiger partial charge in [0.15, 0.2) is 5.01 Å². The zero-order valence-corrected chi connectivity index (χ0v) is 12.7. The van der Waals surface area contributed by atoms with Gasteiger partial charge in [-0.05, 0) is 19.4 Å². The van der Waals surface area contributed by atoms with E-state index in [1.165, 1.54) is 0 Å². The van der Waals surface area contributed by atoms with Crippen LogP contribution in [0.5, 0.6) is 0 Å². The summed E-state index contributed by atoms with van der Waals surface area (Å²) in [5.41, 5.74) is 1.29. The van der Waals surface area contributed by atoms with E-state index in [-0.39, 0.29) is 23.6 Å². The Kier molecular flexibility index (Phi) is 5.05. The average molecular weight is 303 g/mol. The van der Waals surface area contributed by atoms with E-state index >= 15 is 0 Å². The van der Waals surface area contributed by atoms with Crippen LogP contribution in [0.1, 0.15) is 45.7 Å². The quantitative estimate of drug-likeness (QED) is 0.891.